The van der Waals surface area contributed by atoms with Crippen LogP contribution in [0.15, 0.2) is 0 Å². The van der Waals surface area contributed by atoms with Crippen LogP contribution in [0.4, 0.5) is 0 Å². The molecule has 0 radical (unpaired) electrons. The van der Waals surface area contributed by atoms with Gasteiger partial charge in [0.15, 0.2) is 0 Å². The Morgan fingerprint density at radius 2 is 2.00 bits per heavy atom. The summed E-state index contributed by atoms with van der Waals surface area (Å²) in [6.45, 7) is 5.48. The molecule has 15 heavy (non-hydrogen) atoms. The predicted molar refractivity (Wildman–Crippen MR) is 58.7 cm³/mol. The second-order valence-electron chi connectivity index (χ2n) is 5.32. The Morgan fingerprint density at radius 1 is 1.33 bits per heavy atom. The number of hydrogen-bond donors (Lipinski definition) is 1. The monoisotopic (exact) mass is 211 g/mol. The van der Waals surface area contributed by atoms with Gasteiger partial charge >= 0.3 is 5.97 Å². The zero-order valence-electron chi connectivity index (χ0n) is 9.65. The maximum atomic E-state index is 11.0. The lowest BCUT2D eigenvalue weighted by molar-refractivity contribution is -0.149. The van der Waals surface area contributed by atoms with Crippen molar-refractivity contribution in [3.63, 3.8) is 0 Å². The Morgan fingerprint density at radius 3 is 2.33 bits per heavy atom. The summed E-state index contributed by atoms with van der Waals surface area (Å²) in [5.41, 5.74) is 0. The molecule has 0 bridgehead atoms. The molecule has 2 unspecified atom stereocenters. The van der Waals surface area contributed by atoms with Crippen molar-refractivity contribution in [3.05, 3.63) is 0 Å². The van der Waals surface area contributed by atoms with Gasteiger partial charge in [-0.25, -0.2) is 0 Å². The van der Waals surface area contributed by atoms with Crippen molar-refractivity contribution in [1.29, 1.82) is 0 Å². The van der Waals surface area contributed by atoms with Crippen molar-refractivity contribution < 1.29 is 9.90 Å². The number of carbonyl (C=O) groups is 1. The van der Waals surface area contributed by atoms with E-state index < -0.39 is 5.97 Å². The average molecular weight is 211 g/mol. The third-order valence-electron chi connectivity index (χ3n) is 3.81. The van der Waals surface area contributed by atoms with Gasteiger partial charge in [-0.2, -0.15) is 0 Å². The number of nitrogens with zero attached hydrogens (tertiary/aromatic N) is 1. The predicted octanol–water partition coefficient (Wildman–Crippen LogP) is 1.97. The fourth-order valence-corrected chi connectivity index (χ4v) is 2.50. The fraction of sp³-hybridized carbons (Fsp3) is 0.917. The van der Waals surface area contributed by atoms with Crippen LogP contribution in [0.2, 0.25) is 0 Å². The van der Waals surface area contributed by atoms with Crippen molar-refractivity contribution in [1.82, 2.24) is 4.90 Å². The van der Waals surface area contributed by atoms with Crippen LogP contribution in [0.25, 0.3) is 0 Å². The van der Waals surface area contributed by atoms with Gasteiger partial charge in [0.25, 0.3) is 0 Å². The van der Waals surface area contributed by atoms with E-state index in [4.69, 9.17) is 5.11 Å². The van der Waals surface area contributed by atoms with Crippen molar-refractivity contribution in [2.75, 3.05) is 6.54 Å². The first-order valence-corrected chi connectivity index (χ1v) is 6.08. The van der Waals surface area contributed by atoms with Gasteiger partial charge in [0.2, 0.25) is 0 Å². The molecule has 3 heteroatoms. The largest absolute Gasteiger partial charge is 0.481 e. The van der Waals surface area contributed by atoms with Gasteiger partial charge in [-0.1, -0.05) is 0 Å². The molecule has 2 fully saturated rings. The number of carboxylic acid groups (broad SMARTS) is 1. The van der Waals surface area contributed by atoms with Crippen LogP contribution in [-0.4, -0.2) is 34.6 Å². The maximum Gasteiger partial charge on any atom is 0.308 e. The van der Waals surface area contributed by atoms with E-state index in [1.165, 1.54) is 12.8 Å². The summed E-state index contributed by atoms with van der Waals surface area (Å²) in [6, 6.07) is 0.792. The van der Waals surface area contributed by atoms with Gasteiger partial charge in [-0.3, -0.25) is 9.69 Å². The molecule has 86 valence electrons. The molecule has 2 aliphatic rings. The summed E-state index contributed by atoms with van der Waals surface area (Å²) in [7, 11) is 0. The minimum absolute atomic E-state index is 0.105. The summed E-state index contributed by atoms with van der Waals surface area (Å²) >= 11 is 0. The van der Waals surface area contributed by atoms with Crippen LogP contribution in [0.5, 0.6) is 0 Å². The van der Waals surface area contributed by atoms with Gasteiger partial charge in [0, 0.05) is 18.6 Å². The van der Waals surface area contributed by atoms with E-state index in [2.05, 4.69) is 18.7 Å². The summed E-state index contributed by atoms with van der Waals surface area (Å²) in [4.78, 5) is 13.4. The number of hydrogen-bond acceptors (Lipinski definition) is 2. The van der Waals surface area contributed by atoms with E-state index in [0.717, 1.165) is 25.3 Å². The molecule has 0 saturated heterocycles. The lowest BCUT2D eigenvalue weighted by Gasteiger charge is -2.44. The highest BCUT2D eigenvalue weighted by atomic mass is 16.4. The lowest BCUT2D eigenvalue weighted by Crippen LogP contribution is -2.53. The van der Waals surface area contributed by atoms with Crippen molar-refractivity contribution in [2.24, 2.45) is 11.8 Å². The number of rotatable bonds is 5. The summed E-state index contributed by atoms with van der Waals surface area (Å²) in [5, 5.41) is 9.06. The van der Waals surface area contributed by atoms with Gasteiger partial charge in [-0.15, -0.1) is 0 Å². The molecule has 2 saturated carbocycles. The first-order chi connectivity index (χ1) is 7.09. The Balaban J connectivity index is 1.94. The molecule has 2 rings (SSSR count). The highest BCUT2D eigenvalue weighted by Gasteiger charge is 2.42. The van der Waals surface area contributed by atoms with E-state index in [1.54, 1.807) is 0 Å². The molecule has 0 heterocycles. The van der Waals surface area contributed by atoms with Crippen molar-refractivity contribution in [2.45, 2.75) is 51.6 Å². The molecule has 2 aliphatic carbocycles. The minimum atomic E-state index is -0.604. The van der Waals surface area contributed by atoms with Crippen LogP contribution >= 0.6 is 0 Å². The van der Waals surface area contributed by atoms with E-state index in [1.807, 2.05) is 0 Å². The molecule has 3 nitrogen and oxygen atoms in total. The van der Waals surface area contributed by atoms with Gasteiger partial charge in [0.05, 0.1) is 5.92 Å². The molecule has 1 N–H and O–H groups in total. The first-order valence-electron chi connectivity index (χ1n) is 6.08. The molecule has 0 aliphatic heterocycles. The van der Waals surface area contributed by atoms with E-state index in [-0.39, 0.29) is 5.92 Å². The zero-order chi connectivity index (χ0) is 11.0. The summed E-state index contributed by atoms with van der Waals surface area (Å²) in [5.74, 6) is 0.140. The highest BCUT2D eigenvalue weighted by Crippen LogP contribution is 2.37. The lowest BCUT2D eigenvalue weighted by atomic mass is 9.78. The van der Waals surface area contributed by atoms with E-state index >= 15 is 0 Å². The van der Waals surface area contributed by atoms with Gasteiger partial charge < -0.3 is 5.11 Å². The van der Waals surface area contributed by atoms with Gasteiger partial charge in [0.1, 0.15) is 0 Å². The van der Waals surface area contributed by atoms with Crippen LogP contribution in [0.3, 0.4) is 0 Å². The van der Waals surface area contributed by atoms with Crippen LogP contribution in [0, 0.1) is 11.8 Å². The third kappa shape index (κ3) is 2.33. The number of carboxylic acids is 1. The smallest absolute Gasteiger partial charge is 0.308 e. The molecule has 2 atom stereocenters. The van der Waals surface area contributed by atoms with Crippen LogP contribution in [0.1, 0.15) is 39.5 Å². The Labute approximate surface area is 91.5 Å². The Bertz CT molecular complexity index is 248. The van der Waals surface area contributed by atoms with E-state index in [9.17, 15) is 4.79 Å². The fourth-order valence-electron chi connectivity index (χ4n) is 2.50. The second kappa shape index (κ2) is 4.12. The molecule has 0 amide bonds. The molecule has 0 aromatic rings. The SMILES string of the molecule is CC(C)N(CC1CC1)C1CCC1C(=O)O. The standard InChI is InChI=1S/C12H21NO2/c1-8(2)13(7-9-3-4-9)11-6-5-10(11)12(14)15/h8-11H,3-7H2,1-2H3,(H,14,15). The average Bonchev–Trinajstić information content (AvgIpc) is 2.83. The minimum Gasteiger partial charge on any atom is -0.481 e. The third-order valence-corrected chi connectivity index (χ3v) is 3.81. The van der Waals surface area contributed by atoms with E-state index in [0.29, 0.717) is 12.1 Å². The number of aliphatic carboxylic acids is 1. The van der Waals surface area contributed by atoms with Gasteiger partial charge in [-0.05, 0) is 45.4 Å². The highest BCUT2D eigenvalue weighted by molar-refractivity contribution is 5.72. The molecule has 0 spiro atoms. The molecular formula is C12H21NO2. The normalized spacial score (nSPS) is 30.7. The first kappa shape index (κ1) is 10.9. The second-order valence-corrected chi connectivity index (χ2v) is 5.32. The molecule has 0 aromatic carbocycles. The van der Waals surface area contributed by atoms with Crippen molar-refractivity contribution in [3.8, 4) is 0 Å². The Kier molecular flexibility index (Phi) is 3.01. The molecule has 0 aromatic heterocycles. The Hall–Kier alpha value is -0.570. The van der Waals surface area contributed by atoms with Crippen LogP contribution < -0.4 is 0 Å². The topological polar surface area (TPSA) is 40.5 Å². The summed E-state index contributed by atoms with van der Waals surface area (Å²) < 4.78 is 0. The van der Waals surface area contributed by atoms with Crippen LogP contribution in [-0.2, 0) is 4.79 Å². The van der Waals surface area contributed by atoms with Crippen molar-refractivity contribution >= 4 is 5.97 Å². The zero-order valence-corrected chi connectivity index (χ0v) is 9.65. The molecular weight excluding hydrogens is 190 g/mol. The summed E-state index contributed by atoms with van der Waals surface area (Å²) in [6.07, 6.45) is 4.62. The quantitative estimate of drug-likeness (QED) is 0.756. The maximum absolute atomic E-state index is 11.0.